The van der Waals surface area contributed by atoms with E-state index >= 15 is 0 Å². The lowest BCUT2D eigenvalue weighted by Gasteiger charge is -1.98. The van der Waals surface area contributed by atoms with E-state index in [0.29, 0.717) is 5.65 Å². The summed E-state index contributed by atoms with van der Waals surface area (Å²) in [5.74, 6) is -0.985. The van der Waals surface area contributed by atoms with E-state index in [1.165, 1.54) is 10.8 Å². The highest BCUT2D eigenvalue weighted by Crippen LogP contribution is 2.09. The molecule has 5 heteroatoms. The van der Waals surface area contributed by atoms with Crippen LogP contribution in [0.1, 0.15) is 15.9 Å². The minimum absolute atomic E-state index is 0.178. The van der Waals surface area contributed by atoms with Crippen LogP contribution in [0.5, 0.6) is 0 Å². The summed E-state index contributed by atoms with van der Waals surface area (Å²) in [5, 5.41) is 12.7. The van der Waals surface area contributed by atoms with Crippen molar-refractivity contribution >= 4 is 11.6 Å². The molecule has 0 unspecified atom stereocenters. The maximum absolute atomic E-state index is 10.8. The third-order valence-electron chi connectivity index (χ3n) is 1.74. The maximum atomic E-state index is 10.8. The van der Waals surface area contributed by atoms with Gasteiger partial charge in [-0.25, -0.2) is 14.3 Å². The van der Waals surface area contributed by atoms with Gasteiger partial charge in [0.2, 0.25) is 0 Å². The number of aromatic carboxylic acids is 1. The molecule has 0 radical (unpaired) electrons. The first-order chi connectivity index (χ1) is 6.18. The van der Waals surface area contributed by atoms with Crippen LogP contribution in [0, 0.1) is 6.92 Å². The summed E-state index contributed by atoms with van der Waals surface area (Å²) in [6.07, 6.45) is 3.07. The van der Waals surface area contributed by atoms with E-state index in [-0.39, 0.29) is 5.56 Å². The van der Waals surface area contributed by atoms with E-state index in [1.807, 2.05) is 6.92 Å². The molecule has 0 amide bonds. The van der Waals surface area contributed by atoms with Gasteiger partial charge in [0.05, 0.1) is 0 Å². The standard InChI is InChI=1S/C8H7N3O2/c1-5-2-6(8(12)13)7-9-4-10-11(7)3-5/h2-4H,1H3,(H,12,13). The highest BCUT2D eigenvalue weighted by atomic mass is 16.4. The maximum Gasteiger partial charge on any atom is 0.339 e. The Morgan fingerprint density at radius 2 is 2.38 bits per heavy atom. The molecule has 66 valence electrons. The summed E-state index contributed by atoms with van der Waals surface area (Å²) in [6.45, 7) is 1.81. The van der Waals surface area contributed by atoms with Crippen LogP contribution in [0.15, 0.2) is 18.6 Å². The third-order valence-corrected chi connectivity index (χ3v) is 1.74. The molecule has 0 atom stereocenters. The van der Waals surface area contributed by atoms with Crippen molar-refractivity contribution in [3.8, 4) is 0 Å². The van der Waals surface area contributed by atoms with E-state index < -0.39 is 5.97 Å². The van der Waals surface area contributed by atoms with Gasteiger partial charge in [0.15, 0.2) is 5.65 Å². The SMILES string of the molecule is Cc1cc(C(=O)O)c2ncnn2c1. The third kappa shape index (κ3) is 1.14. The van der Waals surface area contributed by atoms with Gasteiger partial charge in [0, 0.05) is 6.20 Å². The van der Waals surface area contributed by atoms with E-state index in [4.69, 9.17) is 5.11 Å². The van der Waals surface area contributed by atoms with Crippen LogP contribution in [0.2, 0.25) is 0 Å². The molecule has 0 spiro atoms. The minimum Gasteiger partial charge on any atom is -0.478 e. The molecule has 0 aromatic carbocycles. The largest absolute Gasteiger partial charge is 0.478 e. The smallest absolute Gasteiger partial charge is 0.339 e. The second-order valence-electron chi connectivity index (χ2n) is 2.76. The van der Waals surface area contributed by atoms with Crippen molar-refractivity contribution in [1.29, 1.82) is 0 Å². The van der Waals surface area contributed by atoms with E-state index in [0.717, 1.165) is 5.56 Å². The number of hydrogen-bond donors (Lipinski definition) is 1. The lowest BCUT2D eigenvalue weighted by molar-refractivity contribution is 0.0698. The van der Waals surface area contributed by atoms with Crippen LogP contribution in [0.25, 0.3) is 5.65 Å². The Labute approximate surface area is 73.6 Å². The molecule has 0 bridgehead atoms. The number of hydrogen-bond acceptors (Lipinski definition) is 3. The van der Waals surface area contributed by atoms with Crippen LogP contribution in [0.4, 0.5) is 0 Å². The van der Waals surface area contributed by atoms with Gasteiger partial charge < -0.3 is 5.11 Å². The molecule has 0 saturated carbocycles. The second-order valence-corrected chi connectivity index (χ2v) is 2.76. The normalized spacial score (nSPS) is 10.5. The molecule has 2 rings (SSSR count). The number of aryl methyl sites for hydroxylation is 1. The summed E-state index contributed by atoms with van der Waals surface area (Å²) >= 11 is 0. The zero-order chi connectivity index (χ0) is 9.42. The number of pyridine rings is 1. The highest BCUT2D eigenvalue weighted by Gasteiger charge is 2.10. The molecular weight excluding hydrogens is 170 g/mol. The van der Waals surface area contributed by atoms with E-state index in [2.05, 4.69) is 10.1 Å². The predicted octanol–water partition coefficient (Wildman–Crippen LogP) is 0.736. The quantitative estimate of drug-likeness (QED) is 0.697. The van der Waals surface area contributed by atoms with Crippen molar-refractivity contribution in [2.24, 2.45) is 0 Å². The number of nitrogens with zero attached hydrogens (tertiary/aromatic N) is 3. The molecule has 2 aromatic rings. The Bertz CT molecular complexity index is 475. The predicted molar refractivity (Wildman–Crippen MR) is 44.7 cm³/mol. The van der Waals surface area contributed by atoms with Crippen molar-refractivity contribution in [3.63, 3.8) is 0 Å². The lowest BCUT2D eigenvalue weighted by Crippen LogP contribution is -2.02. The van der Waals surface area contributed by atoms with Crippen molar-refractivity contribution < 1.29 is 9.90 Å². The van der Waals surface area contributed by atoms with Gasteiger partial charge in [0.1, 0.15) is 11.9 Å². The Morgan fingerprint density at radius 3 is 3.08 bits per heavy atom. The average molecular weight is 177 g/mol. The summed E-state index contributed by atoms with van der Waals surface area (Å²) in [6, 6.07) is 1.58. The molecule has 0 aliphatic heterocycles. The Kier molecular flexibility index (Phi) is 1.51. The number of fused-ring (bicyclic) bond motifs is 1. The first-order valence-electron chi connectivity index (χ1n) is 3.72. The molecule has 0 saturated heterocycles. The van der Waals surface area contributed by atoms with E-state index in [1.54, 1.807) is 12.3 Å². The number of carboxylic acids is 1. The lowest BCUT2D eigenvalue weighted by atomic mass is 10.2. The van der Waals surface area contributed by atoms with Crippen molar-refractivity contribution in [2.75, 3.05) is 0 Å². The Morgan fingerprint density at radius 1 is 1.62 bits per heavy atom. The van der Waals surface area contributed by atoms with Gasteiger partial charge in [0.25, 0.3) is 0 Å². The summed E-state index contributed by atoms with van der Waals surface area (Å²) in [7, 11) is 0. The zero-order valence-electron chi connectivity index (χ0n) is 6.93. The molecule has 5 nitrogen and oxygen atoms in total. The number of aromatic nitrogens is 3. The van der Waals surface area contributed by atoms with Crippen molar-refractivity contribution in [2.45, 2.75) is 6.92 Å². The molecule has 0 fully saturated rings. The Balaban J connectivity index is 2.84. The molecule has 2 heterocycles. The molecule has 13 heavy (non-hydrogen) atoms. The second kappa shape index (κ2) is 2.55. The molecule has 2 aromatic heterocycles. The highest BCUT2D eigenvalue weighted by molar-refractivity contribution is 5.94. The zero-order valence-corrected chi connectivity index (χ0v) is 6.93. The molecular formula is C8H7N3O2. The molecule has 0 aliphatic rings. The monoisotopic (exact) mass is 177 g/mol. The number of carboxylic acid groups (broad SMARTS) is 1. The summed E-state index contributed by atoms with van der Waals surface area (Å²) < 4.78 is 1.46. The van der Waals surface area contributed by atoms with Crippen LogP contribution in [0.3, 0.4) is 0 Å². The van der Waals surface area contributed by atoms with Crippen LogP contribution >= 0.6 is 0 Å². The summed E-state index contributed by atoms with van der Waals surface area (Å²) in [5.41, 5.74) is 1.39. The van der Waals surface area contributed by atoms with Crippen molar-refractivity contribution in [1.82, 2.24) is 14.6 Å². The van der Waals surface area contributed by atoms with Gasteiger partial charge in [-0.05, 0) is 18.6 Å². The van der Waals surface area contributed by atoms with E-state index in [9.17, 15) is 4.79 Å². The molecule has 1 N–H and O–H groups in total. The van der Waals surface area contributed by atoms with Gasteiger partial charge in [-0.3, -0.25) is 0 Å². The topological polar surface area (TPSA) is 67.5 Å². The van der Waals surface area contributed by atoms with Crippen molar-refractivity contribution in [3.05, 3.63) is 29.7 Å². The number of carbonyl (C=O) groups is 1. The van der Waals surface area contributed by atoms with Gasteiger partial charge in [-0.1, -0.05) is 0 Å². The van der Waals surface area contributed by atoms with Crippen LogP contribution in [-0.2, 0) is 0 Å². The summed E-state index contributed by atoms with van der Waals surface area (Å²) in [4.78, 5) is 14.6. The average Bonchev–Trinajstić information content (AvgIpc) is 2.49. The van der Waals surface area contributed by atoms with Crippen LogP contribution < -0.4 is 0 Å². The molecule has 0 aliphatic carbocycles. The van der Waals surface area contributed by atoms with Gasteiger partial charge >= 0.3 is 5.97 Å². The first-order valence-corrected chi connectivity index (χ1v) is 3.72. The minimum atomic E-state index is -0.985. The Hall–Kier alpha value is -1.91. The number of rotatable bonds is 1. The van der Waals surface area contributed by atoms with Crippen LogP contribution in [-0.4, -0.2) is 25.7 Å². The fraction of sp³-hybridized carbons (Fsp3) is 0.125. The fourth-order valence-corrected chi connectivity index (χ4v) is 1.22. The first kappa shape index (κ1) is 7.72. The van der Waals surface area contributed by atoms with Gasteiger partial charge in [-0.2, -0.15) is 5.10 Å². The van der Waals surface area contributed by atoms with Gasteiger partial charge in [-0.15, -0.1) is 0 Å². The fourth-order valence-electron chi connectivity index (χ4n) is 1.22.